The summed E-state index contributed by atoms with van der Waals surface area (Å²) < 4.78 is 38.3. The summed E-state index contributed by atoms with van der Waals surface area (Å²) in [5.74, 6) is 0.354. The van der Waals surface area contributed by atoms with Crippen molar-refractivity contribution in [1.82, 2.24) is 14.2 Å². The average molecular weight is 557 g/mol. The highest BCUT2D eigenvalue weighted by molar-refractivity contribution is 7.89. The van der Waals surface area contributed by atoms with Crippen LogP contribution in [0.3, 0.4) is 0 Å². The van der Waals surface area contributed by atoms with Gasteiger partial charge < -0.3 is 23.9 Å². The Bertz CT molecular complexity index is 1410. The first kappa shape index (κ1) is 28.8. The van der Waals surface area contributed by atoms with E-state index in [9.17, 15) is 18.4 Å². The summed E-state index contributed by atoms with van der Waals surface area (Å²) in [5.41, 5.74) is 3.15. The molecule has 10 nitrogen and oxygen atoms in total. The molecule has 210 valence electrons. The van der Waals surface area contributed by atoms with Crippen molar-refractivity contribution in [3.8, 4) is 5.75 Å². The zero-order chi connectivity index (χ0) is 28.4. The second-order valence-electron chi connectivity index (χ2n) is 10.3. The van der Waals surface area contributed by atoms with Crippen LogP contribution in [-0.2, 0) is 29.7 Å². The number of aromatic nitrogens is 1. The van der Waals surface area contributed by atoms with Crippen LogP contribution in [0.5, 0.6) is 5.75 Å². The van der Waals surface area contributed by atoms with Gasteiger partial charge in [-0.05, 0) is 42.7 Å². The summed E-state index contributed by atoms with van der Waals surface area (Å²) in [5, 5.41) is 12.7. The van der Waals surface area contributed by atoms with Crippen molar-refractivity contribution in [3.05, 3.63) is 81.7 Å². The number of nitrogens with zero attached hydrogens (tertiary/aromatic N) is 4. The maximum atomic E-state index is 13.3. The van der Waals surface area contributed by atoms with Crippen molar-refractivity contribution in [2.75, 3.05) is 34.3 Å². The van der Waals surface area contributed by atoms with Crippen molar-refractivity contribution in [1.29, 1.82) is 0 Å². The van der Waals surface area contributed by atoms with Crippen LogP contribution in [0.4, 0.5) is 0 Å². The summed E-state index contributed by atoms with van der Waals surface area (Å²) in [7, 11) is 0.797. The molecule has 0 unspecified atom stereocenters. The standard InChI is InChI=1S/C28H36N4O6S/c1-20-14-24(37-5)15-21(2)27(20)39(35,36)31(4)17-26-29-25(19-38-26)28(33)30(3)16-22-8-10-23(11-9-22)18-32(34)12-6-7-13-32/h8-11,14-15,19H,6-7,12-13,16-18H2,1-5H3. The lowest BCUT2D eigenvalue weighted by atomic mass is 10.1. The van der Waals surface area contributed by atoms with E-state index in [4.69, 9.17) is 9.15 Å². The van der Waals surface area contributed by atoms with Gasteiger partial charge in [0.1, 0.15) is 18.6 Å². The van der Waals surface area contributed by atoms with Crippen LogP contribution in [0.25, 0.3) is 0 Å². The molecule has 1 aromatic heterocycles. The quantitative estimate of drug-likeness (QED) is 0.274. The van der Waals surface area contributed by atoms with Gasteiger partial charge in [-0.3, -0.25) is 4.79 Å². The number of carbonyl (C=O) groups is 1. The van der Waals surface area contributed by atoms with E-state index in [1.807, 2.05) is 24.3 Å². The predicted octanol–water partition coefficient (Wildman–Crippen LogP) is 4.00. The second kappa shape index (κ2) is 11.5. The number of oxazole rings is 1. The van der Waals surface area contributed by atoms with Crippen molar-refractivity contribution in [2.45, 2.75) is 51.2 Å². The predicted molar refractivity (Wildman–Crippen MR) is 146 cm³/mol. The Morgan fingerprint density at radius 1 is 1.05 bits per heavy atom. The molecule has 3 aromatic rings. The molecule has 11 heteroatoms. The molecule has 2 heterocycles. The molecule has 1 aliphatic rings. The van der Waals surface area contributed by atoms with Gasteiger partial charge in [0.2, 0.25) is 15.9 Å². The van der Waals surface area contributed by atoms with Crippen molar-refractivity contribution in [3.63, 3.8) is 0 Å². The van der Waals surface area contributed by atoms with Crippen LogP contribution in [0.1, 0.15) is 51.5 Å². The molecule has 0 atom stereocenters. The molecule has 0 spiro atoms. The number of rotatable bonds is 10. The van der Waals surface area contributed by atoms with Gasteiger partial charge in [0.25, 0.3) is 5.91 Å². The molecule has 1 saturated heterocycles. The Labute approximate surface area is 230 Å². The third-order valence-electron chi connectivity index (χ3n) is 7.11. The van der Waals surface area contributed by atoms with Gasteiger partial charge in [0, 0.05) is 39.0 Å². The van der Waals surface area contributed by atoms with E-state index < -0.39 is 10.0 Å². The van der Waals surface area contributed by atoms with Crippen LogP contribution in [0.2, 0.25) is 0 Å². The molecule has 0 N–H and O–H groups in total. The molecule has 0 aliphatic carbocycles. The van der Waals surface area contributed by atoms with E-state index in [0.29, 0.717) is 43.1 Å². The zero-order valence-corrected chi connectivity index (χ0v) is 24.0. The Morgan fingerprint density at radius 3 is 2.23 bits per heavy atom. The molecule has 1 aliphatic heterocycles. The van der Waals surface area contributed by atoms with Crippen LogP contribution in [0, 0.1) is 19.1 Å². The van der Waals surface area contributed by atoms with Crippen molar-refractivity contribution >= 4 is 15.9 Å². The van der Waals surface area contributed by atoms with Gasteiger partial charge >= 0.3 is 0 Å². The number of ether oxygens (including phenoxy) is 1. The molecular formula is C28H36N4O6S. The Kier molecular flexibility index (Phi) is 8.45. The summed E-state index contributed by atoms with van der Waals surface area (Å²) in [6, 6.07) is 11.1. The van der Waals surface area contributed by atoms with E-state index in [2.05, 4.69) is 4.98 Å². The van der Waals surface area contributed by atoms with Crippen molar-refractivity contribution < 1.29 is 27.0 Å². The highest BCUT2D eigenvalue weighted by Crippen LogP contribution is 2.28. The third-order valence-corrected chi connectivity index (χ3v) is 9.22. The van der Waals surface area contributed by atoms with E-state index in [-0.39, 0.29) is 33.6 Å². The lowest BCUT2D eigenvalue weighted by Gasteiger charge is -2.38. The van der Waals surface area contributed by atoms with E-state index in [1.54, 1.807) is 33.0 Å². The largest absolute Gasteiger partial charge is 0.633 e. The normalized spacial score (nSPS) is 15.1. The van der Waals surface area contributed by atoms with Gasteiger partial charge in [0.05, 0.1) is 31.6 Å². The molecule has 1 fully saturated rings. The third kappa shape index (κ3) is 6.50. The average Bonchev–Trinajstić information content (AvgIpc) is 3.53. The van der Waals surface area contributed by atoms with Gasteiger partial charge in [-0.1, -0.05) is 24.3 Å². The molecule has 2 aromatic carbocycles. The fraction of sp³-hybridized carbons (Fsp3) is 0.429. The number of likely N-dealkylation sites (tertiary alicyclic amines) is 1. The van der Waals surface area contributed by atoms with Crippen LogP contribution < -0.4 is 4.74 Å². The minimum atomic E-state index is -3.85. The van der Waals surface area contributed by atoms with Crippen LogP contribution in [-0.4, -0.2) is 67.5 Å². The lowest BCUT2D eigenvalue weighted by Crippen LogP contribution is -2.37. The van der Waals surface area contributed by atoms with Gasteiger partial charge in [-0.25, -0.2) is 13.4 Å². The van der Waals surface area contributed by atoms with Gasteiger partial charge in [0.15, 0.2) is 5.69 Å². The fourth-order valence-electron chi connectivity index (χ4n) is 5.04. The lowest BCUT2D eigenvalue weighted by molar-refractivity contribution is -0.881. The molecule has 1 amide bonds. The molecule has 0 radical (unpaired) electrons. The summed E-state index contributed by atoms with van der Waals surface area (Å²) in [6.07, 6.45) is 3.20. The number of hydrogen-bond donors (Lipinski definition) is 0. The van der Waals surface area contributed by atoms with Gasteiger partial charge in [-0.2, -0.15) is 4.31 Å². The highest BCUT2D eigenvalue weighted by Gasteiger charge is 2.28. The Morgan fingerprint density at radius 2 is 1.64 bits per heavy atom. The first-order chi connectivity index (χ1) is 18.4. The topological polar surface area (TPSA) is 116 Å². The Balaban J connectivity index is 1.38. The maximum absolute atomic E-state index is 13.3. The number of aryl methyl sites for hydroxylation is 2. The Hall–Kier alpha value is -3.25. The molecular weight excluding hydrogens is 520 g/mol. The maximum Gasteiger partial charge on any atom is 0.275 e. The van der Waals surface area contributed by atoms with Crippen LogP contribution >= 0.6 is 0 Å². The smallest absolute Gasteiger partial charge is 0.275 e. The molecule has 39 heavy (non-hydrogen) atoms. The fourth-order valence-corrected chi connectivity index (χ4v) is 6.57. The first-order valence-electron chi connectivity index (χ1n) is 12.9. The number of quaternary nitrogens is 1. The van der Waals surface area contributed by atoms with E-state index in [0.717, 1.165) is 28.3 Å². The summed E-state index contributed by atoms with van der Waals surface area (Å²) in [4.78, 5) is 18.9. The number of methoxy groups -OCH3 is 1. The number of hydroxylamine groups is 3. The van der Waals surface area contributed by atoms with Crippen molar-refractivity contribution in [2.24, 2.45) is 0 Å². The number of hydrogen-bond acceptors (Lipinski definition) is 7. The number of sulfonamides is 1. The van der Waals surface area contributed by atoms with E-state index >= 15 is 0 Å². The highest BCUT2D eigenvalue weighted by atomic mass is 32.2. The second-order valence-corrected chi connectivity index (χ2v) is 12.3. The minimum Gasteiger partial charge on any atom is -0.633 e. The molecule has 0 bridgehead atoms. The summed E-state index contributed by atoms with van der Waals surface area (Å²) in [6.45, 7) is 5.46. The minimum absolute atomic E-state index is 0.0959. The molecule has 4 rings (SSSR count). The summed E-state index contributed by atoms with van der Waals surface area (Å²) >= 11 is 0. The zero-order valence-electron chi connectivity index (χ0n) is 23.1. The number of benzene rings is 2. The number of amides is 1. The van der Waals surface area contributed by atoms with Crippen LogP contribution in [0.15, 0.2) is 52.0 Å². The monoisotopic (exact) mass is 556 g/mol. The molecule has 0 saturated carbocycles. The number of carbonyl (C=O) groups excluding carboxylic acids is 1. The first-order valence-corrected chi connectivity index (χ1v) is 14.3. The van der Waals surface area contributed by atoms with E-state index in [1.165, 1.54) is 25.3 Å². The SMILES string of the molecule is COc1cc(C)c(S(=O)(=O)N(C)Cc2nc(C(=O)N(C)Cc3ccc(C[N+]4([O-])CCCC4)cc3)co2)c(C)c1. The van der Waals surface area contributed by atoms with Gasteiger partial charge in [-0.15, -0.1) is 0 Å².